The Morgan fingerprint density at radius 3 is 1.29 bits per heavy atom. The summed E-state index contributed by atoms with van der Waals surface area (Å²) in [5.41, 5.74) is 5.53. The summed E-state index contributed by atoms with van der Waals surface area (Å²) in [5.74, 6) is -1.31. The van der Waals surface area contributed by atoms with E-state index in [1.54, 1.807) is 37.7 Å². The van der Waals surface area contributed by atoms with Gasteiger partial charge in [0.2, 0.25) is 35.4 Å². The van der Waals surface area contributed by atoms with E-state index in [1.807, 2.05) is 82.4 Å². The second-order valence-electron chi connectivity index (χ2n) is 22.9. The summed E-state index contributed by atoms with van der Waals surface area (Å²) < 4.78 is 3.68. The van der Waals surface area contributed by atoms with Crippen molar-refractivity contribution in [2.24, 2.45) is 0 Å². The molecule has 4 saturated heterocycles. The highest BCUT2D eigenvalue weighted by Gasteiger charge is 2.46. The van der Waals surface area contributed by atoms with Crippen LogP contribution in [0.2, 0.25) is 0 Å². The van der Waals surface area contributed by atoms with Crippen LogP contribution in [0, 0.1) is 0 Å². The van der Waals surface area contributed by atoms with Gasteiger partial charge in [0.1, 0.15) is 35.6 Å². The number of hydrogen-bond acceptors (Lipinski definition) is 12. The Kier molecular flexibility index (Phi) is 20.7. The first kappa shape index (κ1) is 59.3. The van der Waals surface area contributed by atoms with Crippen LogP contribution in [0.1, 0.15) is 162 Å². The van der Waals surface area contributed by atoms with Crippen LogP contribution in [0.4, 0.5) is 0 Å². The zero-order valence-corrected chi connectivity index (χ0v) is 48.2. The fourth-order valence-electron chi connectivity index (χ4n) is 12.3. The number of carbonyl (C=O) groups excluding carboxylic acids is 6. The molecule has 20 heteroatoms. The van der Waals surface area contributed by atoms with Gasteiger partial charge in [0, 0.05) is 25.2 Å². The Bertz CT molecular complexity index is 2720. The number of aromatic nitrogens is 6. The average Bonchev–Trinajstić information content (AvgIpc) is 4.39. The Morgan fingerprint density at radius 1 is 0.512 bits per heavy atom. The molecular weight excluding hydrogens is 1040 g/mol. The minimum absolute atomic E-state index is 0.0483. The van der Waals surface area contributed by atoms with E-state index in [0.717, 1.165) is 101 Å². The minimum Gasteiger partial charge on any atom is -0.343 e. The van der Waals surface area contributed by atoms with Crippen LogP contribution < -0.4 is 31.9 Å². The molecule has 6 amide bonds. The zero-order chi connectivity index (χ0) is 57.5. The first-order chi connectivity index (χ1) is 39.9. The van der Waals surface area contributed by atoms with Gasteiger partial charge in [-0.05, 0) is 140 Å². The van der Waals surface area contributed by atoms with E-state index in [9.17, 15) is 28.8 Å². The Hall–Kier alpha value is -7.32. The molecule has 2 aromatic heterocycles. The molecule has 3 aromatic carbocycles. The van der Waals surface area contributed by atoms with Crippen molar-refractivity contribution in [3.63, 3.8) is 0 Å². The number of benzene rings is 3. The third-order valence-electron chi connectivity index (χ3n) is 17.3. The number of aryl methyl sites for hydroxylation is 4. The third-order valence-corrected chi connectivity index (χ3v) is 17.3. The van der Waals surface area contributed by atoms with Crippen LogP contribution in [0.5, 0.6) is 0 Å². The summed E-state index contributed by atoms with van der Waals surface area (Å²) >= 11 is 0. The van der Waals surface area contributed by atoms with E-state index < -0.39 is 48.3 Å². The van der Waals surface area contributed by atoms with Gasteiger partial charge in [-0.1, -0.05) is 121 Å². The van der Waals surface area contributed by atoms with Crippen molar-refractivity contribution in [3.05, 3.63) is 131 Å². The molecule has 0 spiro atoms. The molecule has 82 heavy (non-hydrogen) atoms. The lowest BCUT2D eigenvalue weighted by atomic mass is 9.98. The molecule has 0 saturated carbocycles. The second kappa shape index (κ2) is 28.6. The first-order valence-corrected chi connectivity index (χ1v) is 30.1. The molecule has 10 atom stereocenters. The zero-order valence-electron chi connectivity index (χ0n) is 48.2. The molecule has 9 rings (SSSR count). The standard InChI is InChI=1S/C62H84N14O6/c1-41(63-3)57(77)65-49-27-13-11-25-47-33-35-53(75(47)61(49)81)59(79)67-55(45-21-7-5-8-22-45)51-39-73(71-69-51)37-17-15-19-43-29-31-44(32-30-43)20-16-18-38-74-40-52(70-72-74)56(46-23-9-6-10-24-46)68-60(80)54-36-34-48-26-12-14-28-50(62(82)76(48)54)66-58(78)42(2)64-4/h5-10,21-24,29-32,39-42,47-50,53-56,63-64H,11-20,25-28,33-38H2,1-4H3,(H,65,77)(H,66,78)(H,67,79)(H,68,80)/t41-,42-,47-,48?,49-,50-,53-,54?,55-,56?/m0/s1. The van der Waals surface area contributed by atoms with Gasteiger partial charge < -0.3 is 41.7 Å². The highest BCUT2D eigenvalue weighted by Crippen LogP contribution is 2.34. The molecule has 3 unspecified atom stereocenters. The predicted octanol–water partition coefficient (Wildman–Crippen LogP) is 5.38. The second-order valence-corrected chi connectivity index (χ2v) is 22.9. The van der Waals surface area contributed by atoms with E-state index >= 15 is 0 Å². The summed E-state index contributed by atoms with van der Waals surface area (Å²) in [6.45, 7) is 4.86. The maximum absolute atomic E-state index is 14.3. The molecule has 0 aliphatic carbocycles. The highest BCUT2D eigenvalue weighted by atomic mass is 16.2. The third kappa shape index (κ3) is 14.8. The predicted molar refractivity (Wildman–Crippen MR) is 310 cm³/mol. The number of nitrogens with one attached hydrogen (secondary N) is 6. The normalized spacial score (nSPS) is 22.5. The van der Waals surface area contributed by atoms with Gasteiger partial charge in [0.25, 0.3) is 0 Å². The number of hydrogen-bond donors (Lipinski definition) is 6. The number of nitrogens with zero attached hydrogens (tertiary/aromatic N) is 8. The van der Waals surface area contributed by atoms with Gasteiger partial charge in [-0.15, -0.1) is 10.2 Å². The van der Waals surface area contributed by atoms with Gasteiger partial charge in [-0.3, -0.25) is 38.1 Å². The van der Waals surface area contributed by atoms with Crippen LogP contribution in [0.3, 0.4) is 0 Å². The molecule has 0 bridgehead atoms. The average molecular weight is 1120 g/mol. The van der Waals surface area contributed by atoms with Crippen molar-refractivity contribution in [3.8, 4) is 0 Å². The Balaban J connectivity index is 0.734. The van der Waals surface area contributed by atoms with Crippen molar-refractivity contribution < 1.29 is 28.8 Å². The molecule has 5 aromatic rings. The van der Waals surface area contributed by atoms with Crippen LogP contribution in [-0.2, 0) is 54.7 Å². The van der Waals surface area contributed by atoms with Gasteiger partial charge in [-0.2, -0.15) is 0 Å². The number of carbonyl (C=O) groups is 6. The Labute approximate surface area is 482 Å². The molecule has 0 radical (unpaired) electrons. The van der Waals surface area contributed by atoms with Crippen LogP contribution in [0.25, 0.3) is 0 Å². The van der Waals surface area contributed by atoms with Gasteiger partial charge >= 0.3 is 0 Å². The molecule has 438 valence electrons. The molecule has 4 aliphatic rings. The summed E-state index contributed by atoms with van der Waals surface area (Å²) in [7, 11) is 3.43. The maximum atomic E-state index is 14.3. The van der Waals surface area contributed by atoms with Crippen molar-refractivity contribution >= 4 is 35.4 Å². The van der Waals surface area contributed by atoms with Crippen LogP contribution in [0.15, 0.2) is 97.3 Å². The molecule has 4 aliphatic heterocycles. The van der Waals surface area contributed by atoms with Crippen molar-refractivity contribution in [1.82, 2.24) is 71.7 Å². The fraction of sp³-hybridized carbons (Fsp3) is 0.548. The molecule has 6 N–H and O–H groups in total. The van der Waals surface area contributed by atoms with E-state index in [4.69, 9.17) is 0 Å². The van der Waals surface area contributed by atoms with Gasteiger partial charge in [0.15, 0.2) is 0 Å². The van der Waals surface area contributed by atoms with Crippen molar-refractivity contribution in [1.29, 1.82) is 0 Å². The van der Waals surface area contributed by atoms with E-state index in [1.165, 1.54) is 11.1 Å². The lowest BCUT2D eigenvalue weighted by Gasteiger charge is -2.36. The maximum Gasteiger partial charge on any atom is 0.246 e. The number of likely N-dealkylation sites (N-methyl/N-ethyl adjacent to an activating group) is 2. The number of amides is 6. The lowest BCUT2D eigenvalue weighted by molar-refractivity contribution is -0.144. The Morgan fingerprint density at radius 2 is 0.902 bits per heavy atom. The van der Waals surface area contributed by atoms with Crippen molar-refractivity contribution in [2.75, 3.05) is 14.1 Å². The molecular formula is C62H84N14O6. The fourth-order valence-corrected chi connectivity index (χ4v) is 12.3. The van der Waals surface area contributed by atoms with Gasteiger partial charge in [-0.25, -0.2) is 0 Å². The molecule has 6 heterocycles. The SMILES string of the molecule is CN[C@@H](C)C(=O)N[C@H]1CCCCC2CCC(C(=O)NC(c3ccccc3)c3cn(CCCCc4ccc(CCCCn5cc([C@@H](NC(=O)[C@@H]6CC[C@@H]7CCCC[C@H](NC(=O)[C@H](C)NC)C(=O)N76)c6ccccc6)nn5)cc4)nn3)N2C1=O. The largest absolute Gasteiger partial charge is 0.343 e. The monoisotopic (exact) mass is 1120 g/mol. The van der Waals surface area contributed by atoms with Crippen LogP contribution in [-0.4, -0.2) is 138 Å². The van der Waals surface area contributed by atoms with E-state index in [-0.39, 0.29) is 47.5 Å². The van der Waals surface area contributed by atoms with E-state index in [0.29, 0.717) is 50.2 Å². The highest BCUT2D eigenvalue weighted by molar-refractivity contribution is 5.95. The molecule has 4 fully saturated rings. The number of fused-ring (bicyclic) bond motifs is 2. The minimum atomic E-state index is -0.676. The quantitative estimate of drug-likeness (QED) is 0.0427. The van der Waals surface area contributed by atoms with Gasteiger partial charge in [0.05, 0.1) is 36.6 Å². The summed E-state index contributed by atoms with van der Waals surface area (Å²) in [4.78, 5) is 86.0. The summed E-state index contributed by atoms with van der Waals surface area (Å²) in [6, 6.07) is 23.5. The smallest absolute Gasteiger partial charge is 0.246 e. The first-order valence-electron chi connectivity index (χ1n) is 30.1. The summed E-state index contributed by atoms with van der Waals surface area (Å²) in [6.07, 6.45) is 18.2. The van der Waals surface area contributed by atoms with Crippen LogP contribution >= 0.6 is 0 Å². The van der Waals surface area contributed by atoms with Crippen molar-refractivity contribution in [2.45, 2.75) is 203 Å². The number of rotatable bonds is 24. The molecule has 20 nitrogen and oxygen atoms in total. The summed E-state index contributed by atoms with van der Waals surface area (Å²) in [5, 5.41) is 36.4. The topological polar surface area (TPSA) is 242 Å². The number of unbranched alkanes of at least 4 members (excludes halogenated alkanes) is 2. The van der Waals surface area contributed by atoms with E-state index in [2.05, 4.69) is 76.8 Å². The lowest BCUT2D eigenvalue weighted by Crippen LogP contribution is -2.58.